The van der Waals surface area contributed by atoms with Crippen LogP contribution >= 0.6 is 0 Å². The van der Waals surface area contributed by atoms with Crippen LogP contribution in [0, 0.1) is 10.1 Å². The molecule has 138 valence electrons. The van der Waals surface area contributed by atoms with Gasteiger partial charge in [0.15, 0.2) is 0 Å². The lowest BCUT2D eigenvalue weighted by Gasteiger charge is -2.20. The fraction of sp³-hybridized carbons (Fsp3) is 0.188. The number of hydrogen-bond acceptors (Lipinski definition) is 7. The van der Waals surface area contributed by atoms with Crippen LogP contribution in [-0.4, -0.2) is 26.4 Å². The number of non-ortho nitro benzene ring substituents is 1. The molecule has 0 aliphatic rings. The molecule has 0 radical (unpaired) electrons. The smallest absolute Gasteiger partial charge is 0.269 e. The van der Waals surface area contributed by atoms with Gasteiger partial charge in [0.2, 0.25) is 10.0 Å². The third-order valence-electron chi connectivity index (χ3n) is 3.52. The van der Waals surface area contributed by atoms with Gasteiger partial charge in [-0.1, -0.05) is 12.1 Å². The molecular formula is C16H15N2O7S-. The molecule has 0 unspecified atom stereocenters. The molecule has 0 heterocycles. The lowest BCUT2D eigenvalue weighted by atomic mass is 10.0. The number of hydrogen-bond donors (Lipinski definition) is 1. The second kappa shape index (κ2) is 7.93. The average Bonchev–Trinajstić information content (AvgIpc) is 2.60. The lowest BCUT2D eigenvalue weighted by molar-refractivity contribution is -0.385. The molecule has 0 fully saturated rings. The van der Waals surface area contributed by atoms with Crippen molar-refractivity contribution in [2.24, 2.45) is 0 Å². The summed E-state index contributed by atoms with van der Waals surface area (Å²) in [4.78, 5) is 21.1. The highest BCUT2D eigenvalue weighted by Crippen LogP contribution is 2.24. The number of nitrogens with one attached hydrogen (secondary N) is 1. The van der Waals surface area contributed by atoms with Crippen molar-refractivity contribution < 1.29 is 28.0 Å². The Bertz CT molecular complexity index is 910. The fourth-order valence-corrected chi connectivity index (χ4v) is 3.48. The van der Waals surface area contributed by atoms with Crippen molar-refractivity contribution in [1.29, 1.82) is 0 Å². The van der Waals surface area contributed by atoms with Gasteiger partial charge < -0.3 is 14.6 Å². The molecule has 1 N–H and O–H groups in total. The lowest BCUT2D eigenvalue weighted by Crippen LogP contribution is -2.34. The van der Waals surface area contributed by atoms with Crippen LogP contribution in [0.25, 0.3) is 0 Å². The minimum atomic E-state index is -4.08. The van der Waals surface area contributed by atoms with Gasteiger partial charge in [-0.3, -0.25) is 10.1 Å². The van der Waals surface area contributed by atoms with Crippen LogP contribution in [0.5, 0.6) is 5.75 Å². The number of nitro benzene ring substituents is 1. The summed E-state index contributed by atoms with van der Waals surface area (Å²) in [7, 11) is -2.65. The number of carbonyl (C=O) groups excluding carboxylic acids is 1. The number of benzene rings is 2. The Balaban J connectivity index is 2.36. The molecule has 0 amide bonds. The molecular weight excluding hydrogens is 364 g/mol. The Hall–Kier alpha value is -2.98. The first kappa shape index (κ1) is 19.3. The van der Waals surface area contributed by atoms with Gasteiger partial charge >= 0.3 is 0 Å². The highest BCUT2D eigenvalue weighted by molar-refractivity contribution is 7.89. The average molecular weight is 379 g/mol. The standard InChI is InChI=1S/C16H16N2O7S/c1-25-13-5-7-14(8-6-13)26(23,24)17-15(10-16(19)20)11-3-2-4-12(9-11)18(21)22/h2-9,15,17H,10H2,1H3,(H,19,20)/p-1/t15-/m0/s1. The highest BCUT2D eigenvalue weighted by Gasteiger charge is 2.23. The largest absolute Gasteiger partial charge is 0.550 e. The van der Waals surface area contributed by atoms with Crippen molar-refractivity contribution in [2.45, 2.75) is 17.4 Å². The normalized spacial score (nSPS) is 12.3. The summed E-state index contributed by atoms with van der Waals surface area (Å²) in [6, 6.07) is 9.32. The molecule has 9 nitrogen and oxygen atoms in total. The number of carboxylic acid groups (broad SMARTS) is 1. The maximum atomic E-state index is 12.5. The number of rotatable bonds is 8. The van der Waals surface area contributed by atoms with Gasteiger partial charge in [0.25, 0.3) is 5.69 Å². The maximum Gasteiger partial charge on any atom is 0.269 e. The van der Waals surface area contributed by atoms with E-state index in [0.29, 0.717) is 5.75 Å². The van der Waals surface area contributed by atoms with Crippen LogP contribution in [0.2, 0.25) is 0 Å². The monoisotopic (exact) mass is 379 g/mol. The molecule has 0 spiro atoms. The first-order chi connectivity index (χ1) is 12.2. The molecule has 0 aliphatic carbocycles. The number of methoxy groups -OCH3 is 1. The summed E-state index contributed by atoms with van der Waals surface area (Å²) in [6.45, 7) is 0. The van der Waals surface area contributed by atoms with E-state index >= 15 is 0 Å². The third-order valence-corrected chi connectivity index (χ3v) is 5.01. The molecule has 0 aromatic heterocycles. The van der Waals surface area contributed by atoms with Gasteiger partial charge in [-0.2, -0.15) is 0 Å². The predicted octanol–water partition coefficient (Wildman–Crippen LogP) is 0.763. The van der Waals surface area contributed by atoms with E-state index in [9.17, 15) is 28.4 Å². The van der Waals surface area contributed by atoms with Crippen LogP contribution in [0.15, 0.2) is 53.4 Å². The van der Waals surface area contributed by atoms with E-state index in [4.69, 9.17) is 4.74 Å². The van der Waals surface area contributed by atoms with E-state index in [1.54, 1.807) is 0 Å². The summed E-state index contributed by atoms with van der Waals surface area (Å²) in [6.07, 6.45) is -0.684. The zero-order chi connectivity index (χ0) is 19.3. The van der Waals surface area contributed by atoms with E-state index in [2.05, 4.69) is 4.72 Å². The number of carbonyl (C=O) groups is 1. The van der Waals surface area contributed by atoms with Gasteiger partial charge in [-0.05, 0) is 29.8 Å². The Labute approximate surface area is 149 Å². The second-order valence-corrected chi connectivity index (χ2v) is 6.99. The summed E-state index contributed by atoms with van der Waals surface area (Å²) in [5.74, 6) is -1.05. The Morgan fingerprint density at radius 3 is 2.42 bits per heavy atom. The van der Waals surface area contributed by atoms with Crippen LogP contribution in [0.1, 0.15) is 18.0 Å². The van der Waals surface area contributed by atoms with Crippen molar-refractivity contribution >= 4 is 21.7 Å². The van der Waals surface area contributed by atoms with Crippen molar-refractivity contribution in [1.82, 2.24) is 4.72 Å². The van der Waals surface area contributed by atoms with E-state index < -0.39 is 33.4 Å². The van der Waals surface area contributed by atoms with Gasteiger partial charge in [0, 0.05) is 24.5 Å². The van der Waals surface area contributed by atoms with Crippen LogP contribution in [0.4, 0.5) is 5.69 Å². The number of ether oxygens (including phenoxy) is 1. The summed E-state index contributed by atoms with van der Waals surface area (Å²) in [5.41, 5.74) is -0.144. The predicted molar refractivity (Wildman–Crippen MR) is 88.8 cm³/mol. The first-order valence-corrected chi connectivity index (χ1v) is 8.82. The van der Waals surface area contributed by atoms with E-state index in [0.717, 1.165) is 6.07 Å². The van der Waals surface area contributed by atoms with E-state index in [-0.39, 0.29) is 16.1 Å². The third kappa shape index (κ3) is 4.77. The number of aliphatic carboxylic acids is 1. The number of carboxylic acids is 1. The number of nitrogens with zero attached hydrogens (tertiary/aromatic N) is 1. The van der Waals surface area contributed by atoms with Crippen molar-refractivity contribution in [3.8, 4) is 5.75 Å². The molecule has 10 heteroatoms. The summed E-state index contributed by atoms with van der Waals surface area (Å²) < 4.78 is 32.2. The Kier molecular flexibility index (Phi) is 5.90. The molecule has 0 saturated carbocycles. The minimum Gasteiger partial charge on any atom is -0.550 e. The molecule has 2 aromatic carbocycles. The van der Waals surface area contributed by atoms with Gasteiger partial charge in [0.05, 0.1) is 23.0 Å². The SMILES string of the molecule is COc1ccc(S(=O)(=O)N[C@@H](CC(=O)[O-])c2cccc([N+](=O)[O-])c2)cc1. The maximum absolute atomic E-state index is 12.5. The topological polar surface area (TPSA) is 139 Å². The molecule has 0 bridgehead atoms. The minimum absolute atomic E-state index is 0.105. The van der Waals surface area contributed by atoms with Crippen molar-refractivity contribution in [3.63, 3.8) is 0 Å². The van der Waals surface area contributed by atoms with Gasteiger partial charge in [-0.25, -0.2) is 13.1 Å². The van der Waals surface area contributed by atoms with Gasteiger partial charge in [-0.15, -0.1) is 0 Å². The molecule has 2 rings (SSSR count). The summed E-state index contributed by atoms with van der Waals surface area (Å²) >= 11 is 0. The van der Waals surface area contributed by atoms with E-state index in [1.807, 2.05) is 0 Å². The van der Waals surface area contributed by atoms with Gasteiger partial charge in [0.1, 0.15) is 5.75 Å². The fourth-order valence-electron chi connectivity index (χ4n) is 2.26. The van der Waals surface area contributed by atoms with Crippen molar-refractivity contribution in [3.05, 3.63) is 64.2 Å². The van der Waals surface area contributed by atoms with Crippen LogP contribution < -0.4 is 14.6 Å². The highest BCUT2D eigenvalue weighted by atomic mass is 32.2. The first-order valence-electron chi connectivity index (χ1n) is 7.33. The summed E-state index contributed by atoms with van der Waals surface area (Å²) in [5, 5.41) is 21.9. The number of sulfonamides is 1. The molecule has 1 atom stereocenters. The molecule has 2 aromatic rings. The molecule has 0 saturated heterocycles. The molecule has 26 heavy (non-hydrogen) atoms. The van der Waals surface area contributed by atoms with Crippen LogP contribution in [0.3, 0.4) is 0 Å². The number of nitro groups is 1. The molecule has 0 aliphatic heterocycles. The quantitative estimate of drug-likeness (QED) is 0.528. The second-order valence-electron chi connectivity index (χ2n) is 5.28. The Morgan fingerprint density at radius 2 is 1.88 bits per heavy atom. The van der Waals surface area contributed by atoms with Crippen molar-refractivity contribution in [2.75, 3.05) is 7.11 Å². The van der Waals surface area contributed by atoms with Crippen LogP contribution in [-0.2, 0) is 14.8 Å². The zero-order valence-electron chi connectivity index (χ0n) is 13.6. The van der Waals surface area contributed by atoms with E-state index in [1.165, 1.54) is 49.6 Å². The zero-order valence-corrected chi connectivity index (χ0v) is 14.4. The Morgan fingerprint density at radius 1 is 1.23 bits per heavy atom.